The molecule has 0 atom stereocenters. The van der Waals surface area contributed by atoms with Crippen molar-refractivity contribution in [1.82, 2.24) is 0 Å². The summed E-state index contributed by atoms with van der Waals surface area (Å²) in [5.74, 6) is -0.996. The third-order valence-corrected chi connectivity index (χ3v) is 2.19. The van der Waals surface area contributed by atoms with Gasteiger partial charge in [0.25, 0.3) is 0 Å². The van der Waals surface area contributed by atoms with Crippen molar-refractivity contribution in [2.45, 2.75) is 38.5 Å². The molecule has 0 amide bonds. The zero-order valence-corrected chi connectivity index (χ0v) is 11.2. The third kappa shape index (κ3) is 4.08. The van der Waals surface area contributed by atoms with E-state index in [0.29, 0.717) is 0 Å². The van der Waals surface area contributed by atoms with Gasteiger partial charge in [-0.1, -0.05) is 25.7 Å². The smallest absolute Gasteiger partial charge is 0.550 e. The van der Waals surface area contributed by atoms with Gasteiger partial charge in [-0.25, -0.2) is 0 Å². The number of rotatable bonds is 1. The van der Waals surface area contributed by atoms with E-state index in [9.17, 15) is 9.90 Å². The molecule has 2 nitrogen and oxygen atoms in total. The van der Waals surface area contributed by atoms with Gasteiger partial charge in [-0.05, 0) is 18.8 Å². The van der Waals surface area contributed by atoms with E-state index < -0.39 is 5.97 Å². The van der Waals surface area contributed by atoms with Crippen LogP contribution in [-0.4, -0.2) is 33.3 Å². The van der Waals surface area contributed by atoms with E-state index in [1.165, 1.54) is 12.8 Å². The summed E-state index contributed by atoms with van der Waals surface area (Å²) in [4.78, 5) is 10.4. The maximum Gasteiger partial charge on any atom is 1.00 e. The summed E-state index contributed by atoms with van der Waals surface area (Å²) in [6, 6.07) is 0. The Labute approximate surface area is 87.5 Å². The average Bonchev–Trinajstić information content (AvgIpc) is 2.12. The van der Waals surface area contributed by atoms with E-state index in [1.54, 1.807) is 0 Å². The molecule has 0 unspecified atom stereocenters. The van der Waals surface area contributed by atoms with Crippen LogP contribution in [0.1, 0.15) is 38.5 Å². The molecule has 1 aliphatic carbocycles. The monoisotopic (exact) mass is 346 g/mol. The molecule has 0 aromatic heterocycles. The largest absolute Gasteiger partial charge is 1.00 e. The van der Waals surface area contributed by atoms with E-state index in [2.05, 4.69) is 0 Å². The molecule has 0 saturated heterocycles. The molecule has 0 N–H and O–H groups in total. The first-order chi connectivity index (χ1) is 4.80. The van der Waals surface area contributed by atoms with Crippen molar-refractivity contribution in [3.63, 3.8) is 0 Å². The van der Waals surface area contributed by atoms with Crippen molar-refractivity contribution in [3.05, 3.63) is 0 Å². The number of carbonyl (C=O) groups is 1. The fourth-order valence-electron chi connectivity index (χ4n) is 1.52. The molecule has 1 fully saturated rings. The number of carboxylic acids is 1. The summed E-state index contributed by atoms with van der Waals surface area (Å²) in [7, 11) is 0. The fraction of sp³-hybridized carbons (Fsp3) is 0.875. The predicted molar refractivity (Wildman–Crippen MR) is 42.0 cm³/mol. The van der Waals surface area contributed by atoms with E-state index in [4.69, 9.17) is 0 Å². The normalized spacial score (nSPS) is 20.0. The summed E-state index contributed by atoms with van der Waals surface area (Å²) >= 11 is 0. The molecule has 0 spiro atoms. The van der Waals surface area contributed by atoms with Gasteiger partial charge in [-0.3, -0.25) is 0 Å². The number of carbonyl (C=O) groups excluding carboxylic acids is 1. The van der Waals surface area contributed by atoms with Crippen molar-refractivity contribution in [1.29, 1.82) is 0 Å². The molecule has 0 aromatic carbocycles. The maximum absolute atomic E-state index is 10.4. The van der Waals surface area contributed by atoms with Crippen LogP contribution < -0.4 is 5.11 Å². The standard InChI is InChI=1S/C8H14O2.Tl/c9-8(10)7-5-3-1-2-4-6-7;/h7H,1-6H2,(H,9,10);/q;+1/p-1. The van der Waals surface area contributed by atoms with Gasteiger partial charge in [-0.2, -0.15) is 0 Å². The molecule has 3 heteroatoms. The molecule has 0 aromatic rings. The van der Waals surface area contributed by atoms with Crippen LogP contribution in [0.4, 0.5) is 0 Å². The molecule has 0 aliphatic heterocycles. The summed E-state index contributed by atoms with van der Waals surface area (Å²) in [5.41, 5.74) is 0. The van der Waals surface area contributed by atoms with Gasteiger partial charge in [0, 0.05) is 5.97 Å². The minimum Gasteiger partial charge on any atom is -0.550 e. The SMILES string of the molecule is O=C([O-])C1CCCCCC1.[Tl+]. The van der Waals surface area contributed by atoms with Gasteiger partial charge in [0.05, 0.1) is 0 Å². The molecule has 1 aliphatic rings. The van der Waals surface area contributed by atoms with Gasteiger partial charge < -0.3 is 9.90 Å². The molecule has 1 rings (SSSR count). The molecule has 11 heavy (non-hydrogen) atoms. The predicted octanol–water partition coefficient (Wildman–Crippen LogP) is 0.326. The van der Waals surface area contributed by atoms with Crippen molar-refractivity contribution >= 4 is 33.3 Å². The second kappa shape index (κ2) is 5.97. The number of hydrogen-bond acceptors (Lipinski definition) is 2. The second-order valence-electron chi connectivity index (χ2n) is 3.01. The van der Waals surface area contributed by atoms with Crippen LogP contribution in [0.2, 0.25) is 0 Å². The zero-order chi connectivity index (χ0) is 7.40. The number of carboxylic acid groups (broad SMARTS) is 1. The summed E-state index contributed by atoms with van der Waals surface area (Å²) in [5, 5.41) is 10.4. The third-order valence-electron chi connectivity index (χ3n) is 2.19. The van der Waals surface area contributed by atoms with Gasteiger partial charge in [0.1, 0.15) is 0 Å². The van der Waals surface area contributed by atoms with Crippen molar-refractivity contribution in [2.75, 3.05) is 0 Å². The van der Waals surface area contributed by atoms with Gasteiger partial charge in [0.15, 0.2) is 0 Å². The van der Waals surface area contributed by atoms with Crippen LogP contribution in [-0.2, 0) is 4.79 Å². The second-order valence-corrected chi connectivity index (χ2v) is 3.01. The number of hydrogen-bond donors (Lipinski definition) is 0. The molecule has 0 bridgehead atoms. The minimum absolute atomic E-state index is 0. The topological polar surface area (TPSA) is 40.1 Å². The Hall–Kier alpha value is 0.392. The quantitative estimate of drug-likeness (QED) is 0.507. The first-order valence-corrected chi connectivity index (χ1v) is 4.01. The maximum atomic E-state index is 10.4. The van der Waals surface area contributed by atoms with Crippen LogP contribution in [0.3, 0.4) is 0 Å². The van der Waals surface area contributed by atoms with E-state index in [1.807, 2.05) is 0 Å². The Morgan fingerprint density at radius 2 is 1.55 bits per heavy atom. The Bertz CT molecular complexity index is 117. The van der Waals surface area contributed by atoms with E-state index in [-0.39, 0.29) is 33.2 Å². The molecule has 0 heterocycles. The van der Waals surface area contributed by atoms with Crippen LogP contribution in [0, 0.1) is 5.92 Å². The minimum atomic E-state index is -0.845. The van der Waals surface area contributed by atoms with Crippen LogP contribution in [0.15, 0.2) is 0 Å². The van der Waals surface area contributed by atoms with Gasteiger partial charge in [-0.15, -0.1) is 0 Å². The van der Waals surface area contributed by atoms with Crippen molar-refractivity contribution in [2.24, 2.45) is 5.92 Å². The first-order valence-electron chi connectivity index (χ1n) is 4.01. The summed E-state index contributed by atoms with van der Waals surface area (Å²) < 4.78 is 0. The van der Waals surface area contributed by atoms with E-state index >= 15 is 0 Å². The Morgan fingerprint density at radius 1 is 1.09 bits per heavy atom. The molecule has 60 valence electrons. The Kier molecular flexibility index (Phi) is 6.18. The van der Waals surface area contributed by atoms with Crippen molar-refractivity contribution < 1.29 is 9.90 Å². The Balaban J connectivity index is 0.000001000. The summed E-state index contributed by atoms with van der Waals surface area (Å²) in [6.45, 7) is 0. The van der Waals surface area contributed by atoms with Crippen molar-refractivity contribution in [3.8, 4) is 0 Å². The van der Waals surface area contributed by atoms with Gasteiger partial charge >= 0.3 is 27.3 Å². The van der Waals surface area contributed by atoms with Crippen LogP contribution in [0.25, 0.3) is 0 Å². The zero-order valence-electron chi connectivity index (χ0n) is 6.71. The van der Waals surface area contributed by atoms with E-state index in [0.717, 1.165) is 25.7 Å². The van der Waals surface area contributed by atoms with Gasteiger partial charge in [0.2, 0.25) is 0 Å². The van der Waals surface area contributed by atoms with Crippen LogP contribution in [0.5, 0.6) is 0 Å². The molecular formula is C8H13O2Tl. The molecule has 1 saturated carbocycles. The fourth-order valence-corrected chi connectivity index (χ4v) is 1.52. The van der Waals surface area contributed by atoms with Crippen LogP contribution >= 0.6 is 0 Å². The summed E-state index contributed by atoms with van der Waals surface area (Å²) in [6.07, 6.45) is 6.20. The first kappa shape index (κ1) is 11.4. The molecular weight excluding hydrogens is 332 g/mol. The number of aliphatic carboxylic acids is 1. The molecule has 0 radical (unpaired) electrons. The Morgan fingerprint density at radius 3 is 1.91 bits per heavy atom. The average molecular weight is 346 g/mol.